The van der Waals surface area contributed by atoms with E-state index in [4.69, 9.17) is 19.4 Å². The molecule has 2 aromatic heterocycles. The van der Waals surface area contributed by atoms with Crippen LogP contribution in [0.1, 0.15) is 82.0 Å². The van der Waals surface area contributed by atoms with Gasteiger partial charge in [-0.25, -0.2) is 27.5 Å². The van der Waals surface area contributed by atoms with Gasteiger partial charge in [0.2, 0.25) is 0 Å². The number of halogens is 4. The van der Waals surface area contributed by atoms with E-state index in [0.717, 1.165) is 47.5 Å². The lowest BCUT2D eigenvalue weighted by Crippen LogP contribution is -2.22. The SMILES string of the molecule is CC(Nc1cc(F)cc(F)c1)c1cc(C(=O)N(C)C)cc2ncc(C3=CCOCC3)nc12.CC(Nc1cc(F)cc(F)c1)c1cc(C(=O)N(C)C)cc2ncc(C3=CCOCC3)nc12. The van der Waals surface area contributed by atoms with E-state index in [1.54, 1.807) is 64.8 Å². The molecule has 2 aliphatic heterocycles. The van der Waals surface area contributed by atoms with Crippen LogP contribution in [0.5, 0.6) is 0 Å². The van der Waals surface area contributed by atoms with Crippen molar-refractivity contribution in [1.29, 1.82) is 0 Å². The van der Waals surface area contributed by atoms with Gasteiger partial charge < -0.3 is 29.9 Å². The summed E-state index contributed by atoms with van der Waals surface area (Å²) in [6.07, 6.45) is 8.85. The van der Waals surface area contributed by atoms with Crippen LogP contribution in [0, 0.1) is 23.3 Å². The first kappa shape index (κ1) is 45.3. The molecule has 12 nitrogen and oxygen atoms in total. The van der Waals surface area contributed by atoms with Crippen molar-refractivity contribution in [3.05, 3.63) is 142 Å². The third kappa shape index (κ3) is 10.7. The number of nitrogens with one attached hydrogen (secondary N) is 2. The van der Waals surface area contributed by atoms with E-state index in [2.05, 4.69) is 20.6 Å². The number of rotatable bonds is 10. The number of ether oxygens (including phenoxy) is 2. The molecule has 2 atom stereocenters. The molecule has 0 radical (unpaired) electrons. The molecule has 8 rings (SSSR count). The fourth-order valence-electron chi connectivity index (χ4n) is 7.46. The van der Waals surface area contributed by atoms with Gasteiger partial charge in [0.25, 0.3) is 11.8 Å². The van der Waals surface area contributed by atoms with E-state index in [9.17, 15) is 27.2 Å². The number of hydrogen-bond acceptors (Lipinski definition) is 10. The van der Waals surface area contributed by atoms with Crippen LogP contribution in [-0.4, -0.2) is 96.2 Å². The van der Waals surface area contributed by atoms with E-state index < -0.39 is 35.4 Å². The Labute approximate surface area is 368 Å². The molecule has 4 aromatic carbocycles. The molecule has 16 heteroatoms. The van der Waals surface area contributed by atoms with Gasteiger partial charge in [-0.3, -0.25) is 19.6 Å². The predicted octanol–water partition coefficient (Wildman–Crippen LogP) is 9.17. The molecule has 2 unspecified atom stereocenters. The Kier molecular flexibility index (Phi) is 13.9. The minimum absolute atomic E-state index is 0.171. The summed E-state index contributed by atoms with van der Waals surface area (Å²) < 4.78 is 65.5. The molecule has 2 amide bonds. The lowest BCUT2D eigenvalue weighted by molar-refractivity contribution is 0.0820. The number of carbonyl (C=O) groups is 2. The van der Waals surface area contributed by atoms with Gasteiger partial charge >= 0.3 is 0 Å². The van der Waals surface area contributed by atoms with Crippen LogP contribution in [0.4, 0.5) is 28.9 Å². The molecular formula is C48H48F4N8O4. The summed E-state index contributed by atoms with van der Waals surface area (Å²) in [7, 11) is 6.71. The van der Waals surface area contributed by atoms with Crippen LogP contribution < -0.4 is 10.6 Å². The first-order valence-electron chi connectivity index (χ1n) is 20.7. The lowest BCUT2D eigenvalue weighted by atomic mass is 10.0. The Morgan fingerprint density at radius 2 is 0.953 bits per heavy atom. The lowest BCUT2D eigenvalue weighted by Gasteiger charge is -2.20. The third-order valence-corrected chi connectivity index (χ3v) is 10.7. The van der Waals surface area contributed by atoms with E-state index >= 15 is 0 Å². The average Bonchev–Trinajstić information content (AvgIpc) is 3.27. The summed E-state index contributed by atoms with van der Waals surface area (Å²) in [4.78, 5) is 47.1. The third-order valence-electron chi connectivity index (χ3n) is 10.7. The average molecular weight is 877 g/mol. The van der Waals surface area contributed by atoms with E-state index in [-0.39, 0.29) is 11.8 Å². The van der Waals surface area contributed by atoms with Crippen molar-refractivity contribution in [3.63, 3.8) is 0 Å². The van der Waals surface area contributed by atoms with Crippen LogP contribution >= 0.6 is 0 Å². The van der Waals surface area contributed by atoms with Gasteiger partial charge in [0.15, 0.2) is 0 Å². The van der Waals surface area contributed by atoms with Crippen LogP contribution in [-0.2, 0) is 9.47 Å². The largest absolute Gasteiger partial charge is 0.378 e. The first-order chi connectivity index (χ1) is 30.6. The van der Waals surface area contributed by atoms with Gasteiger partial charge in [-0.2, -0.15) is 0 Å². The number of fused-ring (bicyclic) bond motifs is 2. The molecule has 332 valence electrons. The number of benzene rings is 4. The Morgan fingerprint density at radius 1 is 0.578 bits per heavy atom. The molecule has 0 bridgehead atoms. The van der Waals surface area contributed by atoms with Crippen molar-refractivity contribution in [2.75, 3.05) is 65.3 Å². The summed E-state index contributed by atoms with van der Waals surface area (Å²) in [5, 5.41) is 6.24. The zero-order valence-electron chi connectivity index (χ0n) is 36.3. The molecule has 2 N–H and O–H groups in total. The predicted molar refractivity (Wildman–Crippen MR) is 239 cm³/mol. The number of nitrogens with zero attached hydrogens (tertiary/aromatic N) is 6. The number of hydrogen-bond donors (Lipinski definition) is 2. The summed E-state index contributed by atoms with van der Waals surface area (Å²) in [5.41, 5.74) is 8.93. The summed E-state index contributed by atoms with van der Waals surface area (Å²) in [5.74, 6) is -3.03. The quantitative estimate of drug-likeness (QED) is 0.128. The topological polar surface area (TPSA) is 135 Å². The van der Waals surface area contributed by atoms with Crippen LogP contribution in [0.15, 0.2) is 85.2 Å². The van der Waals surface area contributed by atoms with Gasteiger partial charge in [-0.15, -0.1) is 0 Å². The maximum absolute atomic E-state index is 13.7. The molecule has 0 saturated heterocycles. The molecule has 2 aliphatic rings. The molecule has 0 spiro atoms. The second-order valence-electron chi connectivity index (χ2n) is 15.9. The second kappa shape index (κ2) is 19.7. The summed E-state index contributed by atoms with van der Waals surface area (Å²) in [6, 6.07) is 12.7. The Hall–Kier alpha value is -6.78. The van der Waals surface area contributed by atoms with Crippen LogP contribution in [0.25, 0.3) is 33.2 Å². The van der Waals surface area contributed by atoms with E-state index in [1.165, 1.54) is 34.1 Å². The van der Waals surface area contributed by atoms with E-state index in [0.29, 0.717) is 82.1 Å². The molecule has 0 aliphatic carbocycles. The van der Waals surface area contributed by atoms with Gasteiger partial charge in [-0.05, 0) is 86.4 Å². The van der Waals surface area contributed by atoms with E-state index in [1.807, 2.05) is 26.0 Å². The standard InChI is InChI=1S/2C24H24F2N4O2/c2*1-14(28-19-11-17(25)10-18(26)12-19)20-8-16(24(31)30(2)3)9-21-23(20)29-22(13-27-21)15-4-6-32-7-5-15/h2*4,8-14,28H,5-7H2,1-3H3. The highest BCUT2D eigenvalue weighted by Gasteiger charge is 2.22. The normalized spacial score (nSPS) is 14.7. The number of carbonyl (C=O) groups excluding carboxylic acids is 2. The number of amides is 2. The van der Waals surface area contributed by atoms with Gasteiger partial charge in [0.05, 0.1) is 84.4 Å². The highest BCUT2D eigenvalue weighted by atomic mass is 19.1. The Morgan fingerprint density at radius 3 is 1.28 bits per heavy atom. The molecule has 4 heterocycles. The fraction of sp³-hybridized carbons (Fsp3) is 0.292. The van der Waals surface area contributed by atoms with Crippen molar-refractivity contribution in [3.8, 4) is 0 Å². The minimum atomic E-state index is -0.672. The summed E-state index contributed by atoms with van der Waals surface area (Å²) >= 11 is 0. The van der Waals surface area contributed by atoms with Gasteiger partial charge in [0, 0.05) is 74.0 Å². The second-order valence-corrected chi connectivity index (χ2v) is 15.9. The van der Waals surface area contributed by atoms with Gasteiger partial charge in [0.1, 0.15) is 23.3 Å². The van der Waals surface area contributed by atoms with Gasteiger partial charge in [-0.1, -0.05) is 12.2 Å². The summed E-state index contributed by atoms with van der Waals surface area (Å²) in [6.45, 7) is 6.01. The Bertz CT molecular complexity index is 2570. The first-order valence-corrected chi connectivity index (χ1v) is 20.7. The highest BCUT2D eigenvalue weighted by molar-refractivity contribution is 5.99. The highest BCUT2D eigenvalue weighted by Crippen LogP contribution is 2.32. The van der Waals surface area contributed by atoms with Crippen LogP contribution in [0.2, 0.25) is 0 Å². The van der Waals surface area contributed by atoms with Crippen molar-refractivity contribution >= 4 is 56.4 Å². The smallest absolute Gasteiger partial charge is 0.253 e. The zero-order chi connectivity index (χ0) is 45.7. The molecule has 6 aromatic rings. The molecule has 64 heavy (non-hydrogen) atoms. The zero-order valence-corrected chi connectivity index (χ0v) is 36.3. The monoisotopic (exact) mass is 876 g/mol. The van der Waals surface area contributed by atoms with Crippen molar-refractivity contribution in [2.24, 2.45) is 0 Å². The van der Waals surface area contributed by atoms with Crippen molar-refractivity contribution in [1.82, 2.24) is 29.7 Å². The maximum atomic E-state index is 13.7. The minimum Gasteiger partial charge on any atom is -0.378 e. The molecule has 0 fully saturated rings. The fourth-order valence-corrected chi connectivity index (χ4v) is 7.46. The molecule has 0 saturated carbocycles. The molecular weight excluding hydrogens is 829 g/mol. The Balaban J connectivity index is 0.000000191. The number of anilines is 2. The van der Waals surface area contributed by atoms with Crippen molar-refractivity contribution < 1.29 is 36.6 Å². The maximum Gasteiger partial charge on any atom is 0.253 e. The van der Waals surface area contributed by atoms with Crippen molar-refractivity contribution in [2.45, 2.75) is 38.8 Å². The number of aromatic nitrogens is 4. The van der Waals surface area contributed by atoms with Crippen LogP contribution in [0.3, 0.4) is 0 Å².